The predicted molar refractivity (Wildman–Crippen MR) is 88.7 cm³/mol. The van der Waals surface area contributed by atoms with Crippen LogP contribution >= 0.6 is 0 Å². The Morgan fingerprint density at radius 2 is 2.12 bits per heavy atom. The molecule has 1 aliphatic rings. The Hall–Kier alpha value is -2.19. The average Bonchev–Trinajstić information content (AvgIpc) is 3.23. The quantitative estimate of drug-likeness (QED) is 0.849. The summed E-state index contributed by atoms with van der Waals surface area (Å²) in [6.45, 7) is 2.73. The lowest BCUT2D eigenvalue weighted by Gasteiger charge is -2.16. The van der Waals surface area contributed by atoms with Crippen LogP contribution in [-0.2, 0) is 21.4 Å². The Balaban J connectivity index is 1.68. The normalized spacial score (nSPS) is 18.6. The second kappa shape index (κ2) is 6.74. The summed E-state index contributed by atoms with van der Waals surface area (Å²) >= 11 is 0. The SMILES string of the molecule is CC(=O)NCc1cnc([C@H]2CCN(S(=O)(=O)c3ccccc3)C2)[nH]1. The molecule has 1 aromatic heterocycles. The van der Waals surface area contributed by atoms with Crippen LogP contribution in [0.5, 0.6) is 0 Å². The summed E-state index contributed by atoms with van der Waals surface area (Å²) in [7, 11) is -3.46. The number of carbonyl (C=O) groups is 1. The van der Waals surface area contributed by atoms with Gasteiger partial charge < -0.3 is 10.3 Å². The third-order valence-electron chi connectivity index (χ3n) is 4.09. The van der Waals surface area contributed by atoms with Crippen LogP contribution in [0.1, 0.15) is 30.8 Å². The predicted octanol–water partition coefficient (Wildman–Crippen LogP) is 1.22. The summed E-state index contributed by atoms with van der Waals surface area (Å²) in [5.41, 5.74) is 0.810. The van der Waals surface area contributed by atoms with E-state index in [0.717, 1.165) is 17.9 Å². The molecule has 0 radical (unpaired) electrons. The minimum absolute atomic E-state index is 0.0366. The van der Waals surface area contributed by atoms with E-state index in [-0.39, 0.29) is 11.8 Å². The number of sulfonamides is 1. The van der Waals surface area contributed by atoms with Gasteiger partial charge >= 0.3 is 0 Å². The molecule has 0 bridgehead atoms. The number of aromatic amines is 1. The Kier molecular flexibility index (Phi) is 4.68. The highest BCUT2D eigenvalue weighted by Gasteiger charge is 2.34. The summed E-state index contributed by atoms with van der Waals surface area (Å²) in [5.74, 6) is 0.697. The molecule has 0 saturated carbocycles. The standard InChI is InChI=1S/C16H20N4O3S/c1-12(21)17-9-14-10-18-16(19-14)13-7-8-20(11-13)24(22,23)15-5-3-2-4-6-15/h2-6,10,13H,7-9,11H2,1H3,(H,17,21)(H,18,19)/t13-/m0/s1. The lowest BCUT2D eigenvalue weighted by molar-refractivity contribution is -0.119. The maximum absolute atomic E-state index is 12.6. The first kappa shape index (κ1) is 16.7. The highest BCUT2D eigenvalue weighted by Crippen LogP contribution is 2.29. The Labute approximate surface area is 141 Å². The molecule has 1 saturated heterocycles. The van der Waals surface area contributed by atoms with Crippen molar-refractivity contribution in [2.75, 3.05) is 13.1 Å². The third kappa shape index (κ3) is 3.49. The molecule has 1 fully saturated rings. The minimum atomic E-state index is -3.46. The number of nitrogens with one attached hydrogen (secondary N) is 2. The van der Waals surface area contributed by atoms with E-state index >= 15 is 0 Å². The molecule has 0 unspecified atom stereocenters. The van der Waals surface area contributed by atoms with Gasteiger partial charge in [0.1, 0.15) is 5.82 Å². The van der Waals surface area contributed by atoms with Crippen LogP contribution in [0.15, 0.2) is 41.4 Å². The molecular weight excluding hydrogens is 328 g/mol. The molecule has 2 N–H and O–H groups in total. The van der Waals surface area contributed by atoms with E-state index in [2.05, 4.69) is 15.3 Å². The maximum atomic E-state index is 12.6. The van der Waals surface area contributed by atoms with E-state index < -0.39 is 10.0 Å². The van der Waals surface area contributed by atoms with Gasteiger partial charge in [0, 0.05) is 25.9 Å². The van der Waals surface area contributed by atoms with E-state index in [1.165, 1.54) is 11.2 Å². The molecule has 24 heavy (non-hydrogen) atoms. The van der Waals surface area contributed by atoms with E-state index in [4.69, 9.17) is 0 Å². The van der Waals surface area contributed by atoms with E-state index in [0.29, 0.717) is 24.5 Å². The van der Waals surface area contributed by atoms with Crippen LogP contribution in [0.4, 0.5) is 0 Å². The first-order chi connectivity index (χ1) is 11.5. The van der Waals surface area contributed by atoms with Crippen LogP contribution in [0.2, 0.25) is 0 Å². The fourth-order valence-corrected chi connectivity index (χ4v) is 4.33. The average molecular weight is 348 g/mol. The number of imidazole rings is 1. The summed E-state index contributed by atoms with van der Waals surface area (Å²) in [4.78, 5) is 18.8. The van der Waals surface area contributed by atoms with E-state index in [1.807, 2.05) is 0 Å². The van der Waals surface area contributed by atoms with Gasteiger partial charge in [0.05, 0.1) is 23.3 Å². The number of benzene rings is 1. The number of aromatic nitrogens is 2. The molecule has 1 amide bonds. The number of amides is 1. The van der Waals surface area contributed by atoms with Crippen molar-refractivity contribution in [2.24, 2.45) is 0 Å². The first-order valence-corrected chi connectivity index (χ1v) is 9.24. The molecule has 1 atom stereocenters. The van der Waals surface area contributed by atoms with Crippen molar-refractivity contribution >= 4 is 15.9 Å². The van der Waals surface area contributed by atoms with Crippen LogP contribution in [0.3, 0.4) is 0 Å². The fraction of sp³-hybridized carbons (Fsp3) is 0.375. The summed E-state index contributed by atoms with van der Waals surface area (Å²) in [6, 6.07) is 8.47. The van der Waals surface area contributed by atoms with Gasteiger partial charge in [-0.25, -0.2) is 13.4 Å². The Morgan fingerprint density at radius 3 is 2.83 bits per heavy atom. The Morgan fingerprint density at radius 1 is 1.38 bits per heavy atom. The largest absolute Gasteiger partial charge is 0.351 e. The van der Waals surface area contributed by atoms with Gasteiger partial charge in [-0.2, -0.15) is 4.31 Å². The van der Waals surface area contributed by atoms with E-state index in [1.54, 1.807) is 36.5 Å². The van der Waals surface area contributed by atoms with Crippen molar-refractivity contribution in [2.45, 2.75) is 30.7 Å². The molecule has 2 heterocycles. The number of H-pyrrole nitrogens is 1. The summed E-state index contributed by atoms with van der Waals surface area (Å²) in [5, 5.41) is 2.70. The number of hydrogen-bond acceptors (Lipinski definition) is 4. The summed E-state index contributed by atoms with van der Waals surface area (Å²) in [6.07, 6.45) is 2.40. The van der Waals surface area contributed by atoms with Gasteiger partial charge in [-0.1, -0.05) is 18.2 Å². The van der Waals surface area contributed by atoms with Gasteiger partial charge in [0.25, 0.3) is 0 Å². The van der Waals surface area contributed by atoms with Gasteiger partial charge in [-0.15, -0.1) is 0 Å². The monoisotopic (exact) mass is 348 g/mol. The molecule has 8 heteroatoms. The van der Waals surface area contributed by atoms with Crippen molar-refractivity contribution in [1.82, 2.24) is 19.6 Å². The van der Waals surface area contributed by atoms with Gasteiger partial charge in [0.15, 0.2) is 0 Å². The smallest absolute Gasteiger partial charge is 0.243 e. The Bertz CT molecular complexity index is 817. The lowest BCUT2D eigenvalue weighted by Crippen LogP contribution is -2.28. The van der Waals surface area contributed by atoms with Crippen LogP contribution in [0, 0.1) is 0 Å². The van der Waals surface area contributed by atoms with Gasteiger partial charge in [-0.3, -0.25) is 4.79 Å². The van der Waals surface area contributed by atoms with E-state index in [9.17, 15) is 13.2 Å². The lowest BCUT2D eigenvalue weighted by atomic mass is 10.1. The van der Waals surface area contributed by atoms with Crippen molar-refractivity contribution in [3.8, 4) is 0 Å². The summed E-state index contributed by atoms with van der Waals surface area (Å²) < 4.78 is 26.8. The number of rotatable bonds is 5. The van der Waals surface area contributed by atoms with Crippen molar-refractivity contribution in [1.29, 1.82) is 0 Å². The minimum Gasteiger partial charge on any atom is -0.351 e. The van der Waals surface area contributed by atoms with Crippen LogP contribution in [-0.4, -0.2) is 41.7 Å². The zero-order chi connectivity index (χ0) is 17.2. The molecule has 3 rings (SSSR count). The maximum Gasteiger partial charge on any atom is 0.243 e. The second-order valence-corrected chi connectivity index (χ2v) is 7.80. The molecule has 0 aliphatic carbocycles. The van der Waals surface area contributed by atoms with Crippen molar-refractivity contribution in [3.63, 3.8) is 0 Å². The highest BCUT2D eigenvalue weighted by molar-refractivity contribution is 7.89. The topological polar surface area (TPSA) is 95.2 Å². The third-order valence-corrected chi connectivity index (χ3v) is 5.97. The zero-order valence-electron chi connectivity index (χ0n) is 13.4. The van der Waals surface area contributed by atoms with Crippen molar-refractivity contribution < 1.29 is 13.2 Å². The molecule has 128 valence electrons. The fourth-order valence-electron chi connectivity index (χ4n) is 2.80. The molecule has 2 aromatic rings. The zero-order valence-corrected chi connectivity index (χ0v) is 14.2. The first-order valence-electron chi connectivity index (χ1n) is 7.80. The van der Waals surface area contributed by atoms with Gasteiger partial charge in [-0.05, 0) is 18.6 Å². The van der Waals surface area contributed by atoms with Crippen LogP contribution in [0.25, 0.3) is 0 Å². The second-order valence-electron chi connectivity index (χ2n) is 5.87. The molecule has 0 spiro atoms. The number of carbonyl (C=O) groups excluding carboxylic acids is 1. The van der Waals surface area contributed by atoms with Crippen LogP contribution < -0.4 is 5.32 Å². The molecular formula is C16H20N4O3S. The molecule has 7 nitrogen and oxygen atoms in total. The number of hydrogen-bond donors (Lipinski definition) is 2. The highest BCUT2D eigenvalue weighted by atomic mass is 32.2. The molecule has 1 aliphatic heterocycles. The van der Waals surface area contributed by atoms with Crippen molar-refractivity contribution in [3.05, 3.63) is 48.0 Å². The molecule has 1 aromatic carbocycles. The van der Waals surface area contributed by atoms with Gasteiger partial charge in [0.2, 0.25) is 15.9 Å². The number of nitrogens with zero attached hydrogens (tertiary/aromatic N) is 2.